The van der Waals surface area contributed by atoms with Crippen LogP contribution >= 0.6 is 11.6 Å². The zero-order chi connectivity index (χ0) is 21.0. The maximum absolute atomic E-state index is 13.3. The molecule has 1 aromatic heterocycles. The van der Waals surface area contributed by atoms with Crippen molar-refractivity contribution < 1.29 is 14.1 Å². The van der Waals surface area contributed by atoms with Crippen LogP contribution < -0.4 is 4.74 Å². The molecule has 1 atom stereocenters. The molecule has 0 spiro atoms. The zero-order valence-electron chi connectivity index (χ0n) is 17.5. The van der Waals surface area contributed by atoms with E-state index in [0.29, 0.717) is 35.6 Å². The molecule has 1 aliphatic rings. The smallest absolute Gasteiger partial charge is 0.266 e. The maximum atomic E-state index is 13.3. The van der Waals surface area contributed by atoms with Gasteiger partial charge in [0.15, 0.2) is 11.4 Å². The van der Waals surface area contributed by atoms with E-state index in [9.17, 15) is 4.79 Å². The topological polar surface area (TPSA) is 71.7 Å². The number of hydrogen-bond donors (Lipinski definition) is 0. The van der Waals surface area contributed by atoms with E-state index in [1.807, 2.05) is 0 Å². The van der Waals surface area contributed by atoms with Gasteiger partial charge in [0.1, 0.15) is 11.8 Å². The monoisotopic (exact) mass is 420 g/mol. The quantitative estimate of drug-likeness (QED) is 0.640. The Balaban J connectivity index is 1.71. The normalized spacial score (nSPS) is 17.2. The standard InChI is InChI=1S/C21H29ClN4O3/c1-5-25(6-2)14-18-23-19(29-24-18)17-8-7-13-26(17)20(27)21(3,4)28-16-11-9-15(22)10-12-16/h9-12,17H,5-8,13-14H2,1-4H3/t17-/m0/s1. The molecule has 7 nitrogen and oxygen atoms in total. The van der Waals surface area contributed by atoms with Crippen LogP contribution in [0.25, 0.3) is 0 Å². The Morgan fingerprint density at radius 1 is 1.31 bits per heavy atom. The minimum Gasteiger partial charge on any atom is -0.478 e. The molecule has 0 N–H and O–H groups in total. The van der Waals surface area contributed by atoms with Crippen LogP contribution in [0, 0.1) is 0 Å². The fraction of sp³-hybridized carbons (Fsp3) is 0.571. The highest BCUT2D eigenvalue weighted by Gasteiger charge is 2.42. The van der Waals surface area contributed by atoms with Gasteiger partial charge in [0.25, 0.3) is 5.91 Å². The predicted molar refractivity (Wildman–Crippen MR) is 111 cm³/mol. The van der Waals surface area contributed by atoms with E-state index < -0.39 is 5.60 Å². The summed E-state index contributed by atoms with van der Waals surface area (Å²) in [5, 5.41) is 4.74. The first kappa shape index (κ1) is 21.6. The van der Waals surface area contributed by atoms with Crippen LogP contribution in [-0.4, -0.2) is 51.1 Å². The molecule has 0 radical (unpaired) electrons. The SMILES string of the molecule is CCN(CC)Cc1noc([C@@H]2CCCN2C(=O)C(C)(C)Oc2ccc(Cl)cc2)n1. The predicted octanol–water partition coefficient (Wildman–Crippen LogP) is 4.09. The van der Waals surface area contributed by atoms with Gasteiger partial charge in [-0.2, -0.15) is 4.98 Å². The van der Waals surface area contributed by atoms with E-state index in [1.165, 1.54) is 0 Å². The molecule has 3 rings (SSSR count). The number of carbonyl (C=O) groups excluding carboxylic acids is 1. The van der Waals surface area contributed by atoms with Gasteiger partial charge in [-0.25, -0.2) is 0 Å². The highest BCUT2D eigenvalue weighted by Crippen LogP contribution is 2.34. The third kappa shape index (κ3) is 5.08. The van der Waals surface area contributed by atoms with E-state index in [2.05, 4.69) is 28.9 Å². The lowest BCUT2D eigenvalue weighted by molar-refractivity contribution is -0.147. The molecule has 1 fully saturated rings. The second-order valence-corrected chi connectivity index (χ2v) is 8.17. The van der Waals surface area contributed by atoms with Crippen LogP contribution in [0.15, 0.2) is 28.8 Å². The van der Waals surface area contributed by atoms with Crippen LogP contribution in [-0.2, 0) is 11.3 Å². The molecule has 29 heavy (non-hydrogen) atoms. The molecule has 0 aliphatic carbocycles. The average molecular weight is 421 g/mol. The van der Waals surface area contributed by atoms with Crippen molar-refractivity contribution in [3.8, 4) is 5.75 Å². The molecule has 0 bridgehead atoms. The molecule has 1 aliphatic heterocycles. The van der Waals surface area contributed by atoms with Crippen LogP contribution in [0.4, 0.5) is 0 Å². The largest absolute Gasteiger partial charge is 0.478 e. The van der Waals surface area contributed by atoms with Crippen molar-refractivity contribution in [3.05, 3.63) is 41.0 Å². The lowest BCUT2D eigenvalue weighted by Gasteiger charge is -2.32. The molecule has 2 aromatic rings. The summed E-state index contributed by atoms with van der Waals surface area (Å²) in [4.78, 5) is 21.9. The first-order valence-electron chi connectivity index (χ1n) is 10.1. The highest BCUT2D eigenvalue weighted by atomic mass is 35.5. The molecule has 2 heterocycles. The first-order chi connectivity index (χ1) is 13.8. The van der Waals surface area contributed by atoms with Gasteiger partial charge in [0.05, 0.1) is 6.54 Å². The highest BCUT2D eigenvalue weighted by molar-refractivity contribution is 6.30. The summed E-state index contributed by atoms with van der Waals surface area (Å²) in [5.74, 6) is 1.65. The Morgan fingerprint density at radius 2 is 2.00 bits per heavy atom. The lowest BCUT2D eigenvalue weighted by Crippen LogP contribution is -2.48. The van der Waals surface area contributed by atoms with E-state index in [-0.39, 0.29) is 11.9 Å². The number of benzene rings is 1. The van der Waals surface area contributed by atoms with Gasteiger partial charge < -0.3 is 14.2 Å². The second kappa shape index (κ2) is 9.13. The molecular formula is C21H29ClN4O3. The van der Waals surface area contributed by atoms with Crippen molar-refractivity contribution in [2.45, 2.75) is 58.7 Å². The number of aromatic nitrogens is 2. The summed E-state index contributed by atoms with van der Waals surface area (Å²) >= 11 is 5.93. The lowest BCUT2D eigenvalue weighted by atomic mass is 10.1. The van der Waals surface area contributed by atoms with Crippen LogP contribution in [0.1, 0.15) is 58.3 Å². The molecule has 1 aromatic carbocycles. The van der Waals surface area contributed by atoms with Crippen molar-refractivity contribution in [2.24, 2.45) is 0 Å². The van der Waals surface area contributed by atoms with Crippen LogP contribution in [0.3, 0.4) is 0 Å². The molecule has 1 saturated heterocycles. The molecular weight excluding hydrogens is 392 g/mol. The molecule has 1 amide bonds. The van der Waals surface area contributed by atoms with Crippen molar-refractivity contribution in [2.75, 3.05) is 19.6 Å². The van der Waals surface area contributed by atoms with Gasteiger partial charge in [-0.1, -0.05) is 30.6 Å². The summed E-state index contributed by atoms with van der Waals surface area (Å²) in [7, 11) is 0. The minimum atomic E-state index is -1.03. The van der Waals surface area contributed by atoms with E-state index in [0.717, 1.165) is 25.9 Å². The minimum absolute atomic E-state index is 0.0987. The Hall–Kier alpha value is -2.12. The van der Waals surface area contributed by atoms with Crippen LogP contribution in [0.5, 0.6) is 5.75 Å². The Morgan fingerprint density at radius 3 is 2.66 bits per heavy atom. The number of ether oxygens (including phenoxy) is 1. The van der Waals surface area contributed by atoms with Crippen molar-refractivity contribution in [1.82, 2.24) is 19.9 Å². The van der Waals surface area contributed by atoms with Crippen LogP contribution in [0.2, 0.25) is 5.02 Å². The van der Waals surface area contributed by atoms with Crippen molar-refractivity contribution in [1.29, 1.82) is 0 Å². The first-order valence-corrected chi connectivity index (χ1v) is 10.5. The third-order valence-corrected chi connectivity index (χ3v) is 5.50. The van der Waals surface area contributed by atoms with Crippen molar-refractivity contribution >= 4 is 17.5 Å². The maximum Gasteiger partial charge on any atom is 0.266 e. The fourth-order valence-corrected chi connectivity index (χ4v) is 3.69. The Kier molecular flexibility index (Phi) is 6.80. The summed E-state index contributed by atoms with van der Waals surface area (Å²) < 4.78 is 11.5. The number of nitrogens with zero attached hydrogens (tertiary/aromatic N) is 4. The van der Waals surface area contributed by atoms with Gasteiger partial charge >= 0.3 is 0 Å². The molecule has 158 valence electrons. The fourth-order valence-electron chi connectivity index (χ4n) is 3.57. The summed E-state index contributed by atoms with van der Waals surface area (Å²) in [6.07, 6.45) is 1.69. The zero-order valence-corrected chi connectivity index (χ0v) is 18.3. The number of rotatable bonds is 8. The number of likely N-dealkylation sites (tertiary alicyclic amines) is 1. The van der Waals surface area contributed by atoms with Gasteiger partial charge in [-0.05, 0) is 64.0 Å². The van der Waals surface area contributed by atoms with Gasteiger partial charge in [-0.15, -0.1) is 0 Å². The number of hydrogen-bond acceptors (Lipinski definition) is 6. The molecule has 0 unspecified atom stereocenters. The Labute approximate surface area is 177 Å². The number of halogens is 1. The van der Waals surface area contributed by atoms with E-state index >= 15 is 0 Å². The van der Waals surface area contributed by atoms with Crippen molar-refractivity contribution in [3.63, 3.8) is 0 Å². The number of carbonyl (C=O) groups is 1. The average Bonchev–Trinajstić information content (AvgIpc) is 3.36. The van der Waals surface area contributed by atoms with Gasteiger partial charge in [0.2, 0.25) is 5.89 Å². The summed E-state index contributed by atoms with van der Waals surface area (Å²) in [6, 6.07) is 6.79. The van der Waals surface area contributed by atoms with E-state index in [4.69, 9.17) is 20.9 Å². The molecule has 8 heteroatoms. The summed E-state index contributed by atoms with van der Waals surface area (Å²) in [5.41, 5.74) is -1.03. The number of amides is 1. The molecule has 0 saturated carbocycles. The van der Waals surface area contributed by atoms with Gasteiger partial charge in [-0.3, -0.25) is 9.69 Å². The van der Waals surface area contributed by atoms with Gasteiger partial charge in [0, 0.05) is 11.6 Å². The second-order valence-electron chi connectivity index (χ2n) is 7.73. The van der Waals surface area contributed by atoms with E-state index in [1.54, 1.807) is 43.0 Å². The third-order valence-electron chi connectivity index (χ3n) is 5.24. The Bertz CT molecular complexity index is 818. The summed E-state index contributed by atoms with van der Waals surface area (Å²) in [6.45, 7) is 10.9.